The number of carbonyl (C=O) groups is 2. The number of hydrogen-bond acceptors (Lipinski definition) is 3. The van der Waals surface area contributed by atoms with Crippen LogP contribution in [0.15, 0.2) is 18.2 Å². The van der Waals surface area contributed by atoms with Crippen molar-refractivity contribution in [3.63, 3.8) is 0 Å². The molecule has 0 aliphatic carbocycles. The van der Waals surface area contributed by atoms with Crippen molar-refractivity contribution in [2.45, 2.75) is 38.1 Å². The lowest BCUT2D eigenvalue weighted by molar-refractivity contribution is -0.122. The third kappa shape index (κ3) is 3.21. The molecule has 1 atom stereocenters. The Bertz CT molecular complexity index is 554. The Morgan fingerprint density at radius 3 is 2.81 bits per heavy atom. The molecule has 1 aliphatic rings. The topological polar surface area (TPSA) is 78.4 Å². The summed E-state index contributed by atoms with van der Waals surface area (Å²) in [6.07, 6.45) is 3.26. The number of nitrogens with one attached hydrogen (secondary N) is 2. The van der Waals surface area contributed by atoms with Crippen molar-refractivity contribution in [1.82, 2.24) is 5.32 Å². The van der Waals surface area contributed by atoms with E-state index in [2.05, 4.69) is 10.6 Å². The molecule has 1 aromatic rings. The lowest BCUT2D eigenvalue weighted by Crippen LogP contribution is -2.50. The van der Waals surface area contributed by atoms with Crippen LogP contribution >= 0.6 is 0 Å². The zero-order chi connectivity index (χ0) is 15.5. The summed E-state index contributed by atoms with van der Waals surface area (Å²) in [7, 11) is 0. The molecular weight excluding hydrogens is 275 g/mol. The number of carbonyl (C=O) groups excluding carboxylic acids is 1. The molecule has 6 heteroatoms. The van der Waals surface area contributed by atoms with Crippen molar-refractivity contribution in [1.29, 1.82) is 0 Å². The number of carboxylic acid groups (broad SMARTS) is 1. The van der Waals surface area contributed by atoms with Crippen molar-refractivity contribution in [2.24, 2.45) is 0 Å². The van der Waals surface area contributed by atoms with E-state index in [-0.39, 0.29) is 5.91 Å². The van der Waals surface area contributed by atoms with Crippen LogP contribution < -0.4 is 10.6 Å². The summed E-state index contributed by atoms with van der Waals surface area (Å²) in [6.45, 7) is 2.80. The molecule has 3 N–H and O–H groups in total. The van der Waals surface area contributed by atoms with Crippen LogP contribution in [-0.4, -0.2) is 29.1 Å². The maximum Gasteiger partial charge on any atom is 0.338 e. The molecule has 21 heavy (non-hydrogen) atoms. The molecule has 0 spiro atoms. The highest BCUT2D eigenvalue weighted by Crippen LogP contribution is 2.27. The maximum absolute atomic E-state index is 13.3. The zero-order valence-electron chi connectivity index (χ0n) is 11.9. The second-order valence-electron chi connectivity index (χ2n) is 5.32. The van der Waals surface area contributed by atoms with E-state index in [1.807, 2.05) is 6.92 Å². The normalized spacial score (nSPS) is 21.2. The minimum atomic E-state index is -1.36. The fraction of sp³-hybridized carbons (Fsp3) is 0.467. The van der Waals surface area contributed by atoms with E-state index in [1.54, 1.807) is 0 Å². The molecule has 0 saturated carbocycles. The molecule has 0 bridgehead atoms. The number of hydrogen-bond donors (Lipinski definition) is 3. The Kier molecular flexibility index (Phi) is 4.57. The summed E-state index contributed by atoms with van der Waals surface area (Å²) in [4.78, 5) is 23.4. The third-order valence-corrected chi connectivity index (χ3v) is 3.81. The molecule has 1 aliphatic heterocycles. The molecule has 1 amide bonds. The minimum absolute atomic E-state index is 0.190. The van der Waals surface area contributed by atoms with E-state index in [0.717, 1.165) is 37.9 Å². The van der Waals surface area contributed by atoms with Crippen molar-refractivity contribution in [2.75, 3.05) is 11.9 Å². The van der Waals surface area contributed by atoms with Gasteiger partial charge in [0.2, 0.25) is 5.91 Å². The third-order valence-electron chi connectivity index (χ3n) is 3.81. The first-order valence-electron chi connectivity index (χ1n) is 7.08. The summed E-state index contributed by atoms with van der Waals surface area (Å²) in [5, 5.41) is 14.8. The SMILES string of the molecule is CCCC1(C(=O)Nc2ccc(F)c(C(=O)O)c2)CCCN1. The van der Waals surface area contributed by atoms with Crippen LogP contribution in [0.4, 0.5) is 10.1 Å². The highest BCUT2D eigenvalue weighted by Gasteiger charge is 2.39. The average Bonchev–Trinajstić information content (AvgIpc) is 2.91. The lowest BCUT2D eigenvalue weighted by atomic mass is 9.90. The Balaban J connectivity index is 2.19. The smallest absolute Gasteiger partial charge is 0.338 e. The van der Waals surface area contributed by atoms with Gasteiger partial charge in [0.15, 0.2) is 0 Å². The van der Waals surface area contributed by atoms with Crippen LogP contribution in [-0.2, 0) is 4.79 Å². The van der Waals surface area contributed by atoms with Gasteiger partial charge in [-0.15, -0.1) is 0 Å². The van der Waals surface area contributed by atoms with E-state index in [4.69, 9.17) is 5.11 Å². The fourth-order valence-electron chi connectivity index (χ4n) is 2.77. The van der Waals surface area contributed by atoms with Crippen LogP contribution in [0.25, 0.3) is 0 Å². The standard InChI is InChI=1S/C15H19FN2O3/c1-2-6-15(7-3-8-17-15)14(21)18-10-4-5-12(16)11(9-10)13(19)20/h4-5,9,17H,2-3,6-8H2,1H3,(H,18,21)(H,19,20). The Hall–Kier alpha value is -1.95. The monoisotopic (exact) mass is 294 g/mol. The van der Waals surface area contributed by atoms with E-state index >= 15 is 0 Å². The summed E-state index contributed by atoms with van der Waals surface area (Å²) in [5.41, 5.74) is -0.758. The lowest BCUT2D eigenvalue weighted by Gasteiger charge is -2.27. The first-order valence-corrected chi connectivity index (χ1v) is 7.08. The van der Waals surface area contributed by atoms with Gasteiger partial charge in [-0.1, -0.05) is 13.3 Å². The summed E-state index contributed by atoms with van der Waals surface area (Å²) < 4.78 is 13.3. The van der Waals surface area contributed by atoms with Crippen molar-refractivity contribution < 1.29 is 19.1 Å². The van der Waals surface area contributed by atoms with Crippen LogP contribution in [0.1, 0.15) is 43.0 Å². The summed E-state index contributed by atoms with van der Waals surface area (Å²) >= 11 is 0. The van der Waals surface area contributed by atoms with Crippen LogP contribution in [0.3, 0.4) is 0 Å². The highest BCUT2D eigenvalue weighted by atomic mass is 19.1. The van der Waals surface area contributed by atoms with E-state index in [9.17, 15) is 14.0 Å². The molecule has 1 fully saturated rings. The van der Waals surface area contributed by atoms with Crippen molar-refractivity contribution >= 4 is 17.6 Å². The predicted octanol–water partition coefficient (Wildman–Crippen LogP) is 2.38. The second-order valence-corrected chi connectivity index (χ2v) is 5.32. The van der Waals surface area contributed by atoms with Gasteiger partial charge in [0.05, 0.1) is 11.1 Å². The first-order chi connectivity index (χ1) is 9.98. The predicted molar refractivity (Wildman–Crippen MR) is 76.9 cm³/mol. The van der Waals surface area contributed by atoms with Gasteiger partial charge in [0.25, 0.3) is 0 Å². The number of aromatic carboxylic acids is 1. The average molecular weight is 294 g/mol. The maximum atomic E-state index is 13.3. The molecule has 1 heterocycles. The molecule has 2 rings (SSSR count). The van der Waals surface area contributed by atoms with Gasteiger partial charge in [-0.3, -0.25) is 4.79 Å². The van der Waals surface area contributed by atoms with Crippen molar-refractivity contribution in [3.8, 4) is 0 Å². The van der Waals surface area contributed by atoms with Gasteiger partial charge in [-0.05, 0) is 44.0 Å². The second kappa shape index (κ2) is 6.22. The molecular formula is C15H19FN2O3. The molecule has 0 aromatic heterocycles. The van der Waals surface area contributed by atoms with Crippen LogP contribution in [0, 0.1) is 5.82 Å². The van der Waals surface area contributed by atoms with Gasteiger partial charge in [-0.25, -0.2) is 9.18 Å². The fourth-order valence-corrected chi connectivity index (χ4v) is 2.77. The number of benzene rings is 1. The molecule has 0 radical (unpaired) electrons. The number of anilines is 1. The number of carboxylic acids is 1. The summed E-state index contributed by atoms with van der Waals surface area (Å²) in [6, 6.07) is 3.56. The van der Waals surface area contributed by atoms with E-state index in [1.165, 1.54) is 6.07 Å². The first kappa shape index (κ1) is 15.4. The van der Waals surface area contributed by atoms with Gasteiger partial charge in [0, 0.05) is 5.69 Å². The Morgan fingerprint density at radius 1 is 1.48 bits per heavy atom. The van der Waals surface area contributed by atoms with Gasteiger partial charge < -0.3 is 15.7 Å². The Morgan fingerprint density at radius 2 is 2.24 bits per heavy atom. The quantitative estimate of drug-likeness (QED) is 0.779. The number of rotatable bonds is 5. The van der Waals surface area contributed by atoms with E-state index < -0.39 is 22.9 Å². The van der Waals surface area contributed by atoms with E-state index in [0.29, 0.717) is 12.1 Å². The summed E-state index contributed by atoms with van der Waals surface area (Å²) in [5.74, 6) is -2.36. The zero-order valence-corrected chi connectivity index (χ0v) is 11.9. The highest BCUT2D eigenvalue weighted by molar-refractivity contribution is 5.99. The van der Waals surface area contributed by atoms with Gasteiger partial charge >= 0.3 is 5.97 Å². The molecule has 114 valence electrons. The van der Waals surface area contributed by atoms with Crippen molar-refractivity contribution in [3.05, 3.63) is 29.6 Å². The molecule has 1 saturated heterocycles. The largest absolute Gasteiger partial charge is 0.478 e. The number of amides is 1. The van der Waals surface area contributed by atoms with Gasteiger partial charge in [0.1, 0.15) is 5.82 Å². The van der Waals surface area contributed by atoms with Crippen LogP contribution in [0.5, 0.6) is 0 Å². The Labute approximate surface area is 122 Å². The molecule has 5 nitrogen and oxygen atoms in total. The molecule has 1 aromatic carbocycles. The minimum Gasteiger partial charge on any atom is -0.478 e. The number of halogens is 1. The van der Waals surface area contributed by atoms with Crippen LogP contribution in [0.2, 0.25) is 0 Å². The molecule has 1 unspecified atom stereocenters. The van der Waals surface area contributed by atoms with Gasteiger partial charge in [-0.2, -0.15) is 0 Å².